The molecule has 1 saturated heterocycles. The molecule has 1 fully saturated rings. The molecule has 74 valence electrons. The lowest BCUT2D eigenvalue weighted by Crippen LogP contribution is -2.27. The number of carbonyl (C=O) groups is 1. The zero-order chi connectivity index (χ0) is 9.97. The molecule has 0 aromatic carbocycles. The Labute approximate surface area is 82.7 Å². The number of likely N-dealkylation sites (tertiary alicyclic amines) is 1. The molecule has 0 spiro atoms. The first-order chi connectivity index (χ1) is 6.77. The second kappa shape index (κ2) is 3.65. The molecule has 0 bridgehead atoms. The highest BCUT2D eigenvalue weighted by molar-refractivity contribution is 5.94. The van der Waals surface area contributed by atoms with Crippen LogP contribution in [0.3, 0.4) is 0 Å². The van der Waals surface area contributed by atoms with Gasteiger partial charge in [-0.1, -0.05) is 0 Å². The molecule has 4 heteroatoms. The Bertz CT molecular complexity index is 345. The molecular formula is C10H13N3O. The summed E-state index contributed by atoms with van der Waals surface area (Å²) in [5, 5.41) is 0. The number of hydrogen-bond donors (Lipinski definition) is 1. The summed E-state index contributed by atoms with van der Waals surface area (Å²) in [6.07, 6.45) is 3.78. The van der Waals surface area contributed by atoms with Crippen LogP contribution >= 0.6 is 0 Å². The van der Waals surface area contributed by atoms with Crippen molar-refractivity contribution < 1.29 is 4.79 Å². The number of nitrogens with zero attached hydrogens (tertiary/aromatic N) is 2. The zero-order valence-corrected chi connectivity index (χ0v) is 7.94. The van der Waals surface area contributed by atoms with Crippen molar-refractivity contribution in [2.24, 2.45) is 0 Å². The summed E-state index contributed by atoms with van der Waals surface area (Å²) in [6, 6.07) is 3.33. The van der Waals surface area contributed by atoms with E-state index in [0.29, 0.717) is 11.4 Å². The normalized spacial score (nSPS) is 15.9. The Kier molecular flexibility index (Phi) is 2.35. The van der Waals surface area contributed by atoms with Gasteiger partial charge in [0.25, 0.3) is 5.91 Å². The van der Waals surface area contributed by atoms with Crippen LogP contribution in [0.2, 0.25) is 0 Å². The quantitative estimate of drug-likeness (QED) is 0.717. The van der Waals surface area contributed by atoms with Crippen LogP contribution in [0.15, 0.2) is 18.3 Å². The molecule has 1 amide bonds. The zero-order valence-electron chi connectivity index (χ0n) is 7.94. The van der Waals surface area contributed by atoms with Gasteiger partial charge in [0.2, 0.25) is 0 Å². The van der Waals surface area contributed by atoms with Gasteiger partial charge in [0.1, 0.15) is 5.82 Å². The number of anilines is 1. The number of nitrogens with two attached hydrogens (primary N) is 1. The first-order valence-electron chi connectivity index (χ1n) is 4.78. The summed E-state index contributed by atoms with van der Waals surface area (Å²) in [5.74, 6) is 0.464. The van der Waals surface area contributed by atoms with Gasteiger partial charge in [-0.25, -0.2) is 4.98 Å². The number of amides is 1. The molecule has 4 nitrogen and oxygen atoms in total. The average molecular weight is 191 g/mol. The molecule has 0 radical (unpaired) electrons. The van der Waals surface area contributed by atoms with Crippen molar-refractivity contribution in [2.45, 2.75) is 12.8 Å². The number of rotatable bonds is 1. The lowest BCUT2D eigenvalue weighted by Gasteiger charge is -2.14. The lowest BCUT2D eigenvalue weighted by molar-refractivity contribution is 0.0793. The third-order valence-electron chi connectivity index (χ3n) is 2.42. The van der Waals surface area contributed by atoms with Crippen molar-refractivity contribution in [1.29, 1.82) is 0 Å². The Balaban J connectivity index is 2.17. The lowest BCUT2D eigenvalue weighted by atomic mass is 10.2. The molecule has 1 aliphatic rings. The van der Waals surface area contributed by atoms with Crippen molar-refractivity contribution in [3.05, 3.63) is 23.9 Å². The van der Waals surface area contributed by atoms with Crippen molar-refractivity contribution in [2.75, 3.05) is 18.8 Å². The van der Waals surface area contributed by atoms with Gasteiger partial charge < -0.3 is 10.6 Å². The summed E-state index contributed by atoms with van der Waals surface area (Å²) in [7, 11) is 0. The molecule has 0 aliphatic carbocycles. The van der Waals surface area contributed by atoms with Crippen LogP contribution in [-0.2, 0) is 0 Å². The highest BCUT2D eigenvalue weighted by Crippen LogP contribution is 2.13. The van der Waals surface area contributed by atoms with Gasteiger partial charge in [0, 0.05) is 24.8 Å². The van der Waals surface area contributed by atoms with E-state index in [-0.39, 0.29) is 5.91 Å². The van der Waals surface area contributed by atoms with Gasteiger partial charge >= 0.3 is 0 Å². The molecule has 1 aliphatic heterocycles. The second-order valence-electron chi connectivity index (χ2n) is 3.47. The van der Waals surface area contributed by atoms with Gasteiger partial charge in [-0.3, -0.25) is 4.79 Å². The molecular weight excluding hydrogens is 178 g/mol. The summed E-state index contributed by atoms with van der Waals surface area (Å²) < 4.78 is 0. The van der Waals surface area contributed by atoms with Crippen LogP contribution in [0.5, 0.6) is 0 Å². The van der Waals surface area contributed by atoms with Crippen molar-refractivity contribution in [3.8, 4) is 0 Å². The minimum absolute atomic E-state index is 0.0663. The third kappa shape index (κ3) is 1.69. The topological polar surface area (TPSA) is 59.2 Å². The predicted molar refractivity (Wildman–Crippen MR) is 53.8 cm³/mol. The molecule has 0 atom stereocenters. The van der Waals surface area contributed by atoms with E-state index >= 15 is 0 Å². The van der Waals surface area contributed by atoms with Crippen LogP contribution in [-0.4, -0.2) is 28.9 Å². The number of pyridine rings is 1. The molecule has 14 heavy (non-hydrogen) atoms. The summed E-state index contributed by atoms with van der Waals surface area (Å²) in [6.45, 7) is 1.72. The number of hydrogen-bond acceptors (Lipinski definition) is 3. The maximum absolute atomic E-state index is 11.8. The van der Waals surface area contributed by atoms with Gasteiger partial charge in [0.15, 0.2) is 0 Å². The summed E-state index contributed by atoms with van der Waals surface area (Å²) in [4.78, 5) is 17.6. The van der Waals surface area contributed by atoms with Crippen molar-refractivity contribution in [1.82, 2.24) is 9.88 Å². The third-order valence-corrected chi connectivity index (χ3v) is 2.42. The maximum atomic E-state index is 11.8. The van der Waals surface area contributed by atoms with Crippen LogP contribution in [0, 0.1) is 0 Å². The second-order valence-corrected chi connectivity index (χ2v) is 3.47. The average Bonchev–Trinajstić information content (AvgIpc) is 2.69. The van der Waals surface area contributed by atoms with Crippen LogP contribution in [0.1, 0.15) is 23.2 Å². The van der Waals surface area contributed by atoms with E-state index in [1.807, 2.05) is 4.90 Å². The molecule has 1 aromatic rings. The number of nitrogen functional groups attached to an aromatic ring is 1. The van der Waals surface area contributed by atoms with E-state index in [1.165, 1.54) is 0 Å². The Morgan fingerprint density at radius 3 is 2.79 bits per heavy atom. The predicted octanol–water partition coefficient (Wildman–Crippen LogP) is 0.900. The molecule has 0 unspecified atom stereocenters. The highest BCUT2D eigenvalue weighted by atomic mass is 16.2. The van der Waals surface area contributed by atoms with Gasteiger partial charge in [-0.05, 0) is 25.0 Å². The summed E-state index contributed by atoms with van der Waals surface area (Å²) >= 11 is 0. The minimum Gasteiger partial charge on any atom is -0.384 e. The van der Waals surface area contributed by atoms with E-state index in [2.05, 4.69) is 4.98 Å². The number of carbonyl (C=O) groups excluding carboxylic acids is 1. The Hall–Kier alpha value is -1.58. The van der Waals surface area contributed by atoms with E-state index < -0.39 is 0 Å². The van der Waals surface area contributed by atoms with Gasteiger partial charge in [0.05, 0.1) is 0 Å². The molecule has 2 rings (SSSR count). The van der Waals surface area contributed by atoms with Crippen molar-refractivity contribution >= 4 is 11.7 Å². The van der Waals surface area contributed by atoms with E-state index in [9.17, 15) is 4.79 Å². The maximum Gasteiger partial charge on any atom is 0.254 e. The molecule has 1 aromatic heterocycles. The molecule has 0 saturated carbocycles. The van der Waals surface area contributed by atoms with E-state index in [0.717, 1.165) is 25.9 Å². The molecule has 2 heterocycles. The SMILES string of the molecule is Nc1cc(C(=O)N2CCCC2)ccn1. The fourth-order valence-corrected chi connectivity index (χ4v) is 1.68. The first-order valence-corrected chi connectivity index (χ1v) is 4.78. The highest BCUT2D eigenvalue weighted by Gasteiger charge is 2.19. The minimum atomic E-state index is 0.0663. The first kappa shape index (κ1) is 8.99. The smallest absolute Gasteiger partial charge is 0.254 e. The van der Waals surface area contributed by atoms with Crippen LogP contribution in [0.4, 0.5) is 5.82 Å². The van der Waals surface area contributed by atoms with Crippen molar-refractivity contribution in [3.63, 3.8) is 0 Å². The van der Waals surface area contributed by atoms with Crippen LogP contribution < -0.4 is 5.73 Å². The Morgan fingerprint density at radius 1 is 1.43 bits per heavy atom. The van der Waals surface area contributed by atoms with Gasteiger partial charge in [-0.15, -0.1) is 0 Å². The largest absolute Gasteiger partial charge is 0.384 e. The van der Waals surface area contributed by atoms with Gasteiger partial charge in [-0.2, -0.15) is 0 Å². The summed E-state index contributed by atoms with van der Waals surface area (Å²) in [5.41, 5.74) is 6.15. The van der Waals surface area contributed by atoms with Crippen LogP contribution in [0.25, 0.3) is 0 Å². The fraction of sp³-hybridized carbons (Fsp3) is 0.400. The monoisotopic (exact) mass is 191 g/mol. The number of aromatic nitrogens is 1. The fourth-order valence-electron chi connectivity index (χ4n) is 1.68. The standard InChI is InChI=1S/C10H13N3O/c11-9-7-8(3-4-12-9)10(14)13-5-1-2-6-13/h3-4,7H,1-2,5-6H2,(H2,11,12). The molecule has 2 N–H and O–H groups in total. The van der Waals surface area contributed by atoms with E-state index in [4.69, 9.17) is 5.73 Å². The van der Waals surface area contributed by atoms with E-state index in [1.54, 1.807) is 18.3 Å². The Morgan fingerprint density at radius 2 is 2.14 bits per heavy atom.